The van der Waals surface area contributed by atoms with E-state index in [2.05, 4.69) is 22.4 Å². The van der Waals surface area contributed by atoms with E-state index < -0.39 is 0 Å². The van der Waals surface area contributed by atoms with Crippen molar-refractivity contribution in [2.45, 2.75) is 55.5 Å². The quantitative estimate of drug-likeness (QED) is 0.875. The number of rotatable bonds is 5. The first-order chi connectivity index (χ1) is 8.31. The van der Waals surface area contributed by atoms with Crippen LogP contribution in [0.15, 0.2) is 11.5 Å². The summed E-state index contributed by atoms with van der Waals surface area (Å²) in [6, 6.07) is 0.644. The highest BCUT2D eigenvalue weighted by atomic mass is 32.2. The summed E-state index contributed by atoms with van der Waals surface area (Å²) < 4.78 is 2.01. The van der Waals surface area contributed by atoms with Gasteiger partial charge in [0.15, 0.2) is 5.16 Å². The van der Waals surface area contributed by atoms with E-state index in [4.69, 9.17) is 0 Å². The Morgan fingerprint density at radius 1 is 1.47 bits per heavy atom. The normalized spacial score (nSPS) is 25.1. The molecule has 0 spiro atoms. The Bertz CT molecular complexity index is 339. The minimum Gasteiger partial charge on any atom is -0.313 e. The zero-order valence-corrected chi connectivity index (χ0v) is 11.5. The van der Waals surface area contributed by atoms with Crippen molar-refractivity contribution in [3.05, 3.63) is 6.33 Å². The number of nitrogens with zero attached hydrogens (tertiary/aromatic N) is 3. The van der Waals surface area contributed by atoms with E-state index in [1.54, 1.807) is 6.33 Å². The van der Waals surface area contributed by atoms with Crippen molar-refractivity contribution in [2.24, 2.45) is 7.05 Å². The minimum absolute atomic E-state index is 0.644. The Balaban J connectivity index is 1.94. The molecule has 2 rings (SSSR count). The predicted octanol–water partition coefficient (Wildman–Crippen LogP) is 2.22. The predicted molar refractivity (Wildman–Crippen MR) is 71.2 cm³/mol. The van der Waals surface area contributed by atoms with Gasteiger partial charge in [-0.05, 0) is 25.8 Å². The number of aryl methyl sites for hydroxylation is 1. The summed E-state index contributed by atoms with van der Waals surface area (Å²) in [5.41, 5.74) is 0. The van der Waals surface area contributed by atoms with Crippen LogP contribution in [0.1, 0.15) is 39.0 Å². The van der Waals surface area contributed by atoms with Crippen molar-refractivity contribution in [2.75, 3.05) is 6.54 Å². The van der Waals surface area contributed by atoms with Crippen LogP contribution in [0, 0.1) is 0 Å². The standard InChI is InChI=1S/C12H22N4S/c1-3-8-13-10-6-4-5-7-11(10)17-12-15-14-9-16(12)2/h9-11,13H,3-8H2,1-2H3. The molecule has 0 bridgehead atoms. The number of hydrogen-bond donors (Lipinski definition) is 1. The van der Waals surface area contributed by atoms with Crippen LogP contribution in [0.4, 0.5) is 0 Å². The second-order valence-corrected chi connectivity index (χ2v) is 5.93. The molecule has 0 aliphatic heterocycles. The van der Waals surface area contributed by atoms with E-state index >= 15 is 0 Å². The molecule has 1 aliphatic carbocycles. The smallest absolute Gasteiger partial charge is 0.191 e. The molecule has 1 aliphatic rings. The summed E-state index contributed by atoms with van der Waals surface area (Å²) in [4.78, 5) is 0. The molecule has 1 saturated carbocycles. The number of thioether (sulfide) groups is 1. The van der Waals surface area contributed by atoms with Crippen molar-refractivity contribution in [1.82, 2.24) is 20.1 Å². The fraction of sp³-hybridized carbons (Fsp3) is 0.833. The van der Waals surface area contributed by atoms with E-state index in [1.807, 2.05) is 23.4 Å². The van der Waals surface area contributed by atoms with E-state index in [-0.39, 0.29) is 0 Å². The van der Waals surface area contributed by atoms with Crippen LogP contribution < -0.4 is 5.32 Å². The third-order valence-electron chi connectivity index (χ3n) is 3.29. The summed E-state index contributed by atoms with van der Waals surface area (Å²) in [5.74, 6) is 0. The third-order valence-corrected chi connectivity index (χ3v) is 4.73. The zero-order valence-electron chi connectivity index (χ0n) is 10.7. The molecule has 1 aromatic heterocycles. The average Bonchev–Trinajstić information content (AvgIpc) is 2.74. The molecule has 17 heavy (non-hydrogen) atoms. The molecule has 0 aromatic carbocycles. The molecular weight excluding hydrogens is 232 g/mol. The summed E-state index contributed by atoms with van der Waals surface area (Å²) in [5, 5.41) is 13.5. The number of aromatic nitrogens is 3. The SMILES string of the molecule is CCCNC1CCCCC1Sc1nncn1C. The van der Waals surface area contributed by atoms with Crippen molar-refractivity contribution < 1.29 is 0 Å². The summed E-state index contributed by atoms with van der Waals surface area (Å²) in [7, 11) is 2.01. The van der Waals surface area contributed by atoms with Crippen LogP contribution in [0.25, 0.3) is 0 Å². The molecule has 5 heteroatoms. The Labute approximate surface area is 108 Å². The lowest BCUT2D eigenvalue weighted by molar-refractivity contribution is 0.384. The first kappa shape index (κ1) is 12.9. The minimum atomic E-state index is 0.644. The van der Waals surface area contributed by atoms with Crippen molar-refractivity contribution in [1.29, 1.82) is 0 Å². The highest BCUT2D eigenvalue weighted by Crippen LogP contribution is 2.32. The Hall–Kier alpha value is -0.550. The molecule has 0 amide bonds. The lowest BCUT2D eigenvalue weighted by Crippen LogP contribution is -2.40. The van der Waals surface area contributed by atoms with Gasteiger partial charge in [0.2, 0.25) is 0 Å². The van der Waals surface area contributed by atoms with Gasteiger partial charge in [-0.3, -0.25) is 0 Å². The second kappa shape index (κ2) is 6.40. The van der Waals surface area contributed by atoms with Gasteiger partial charge in [0, 0.05) is 18.3 Å². The summed E-state index contributed by atoms with van der Waals surface area (Å²) in [6.07, 6.45) is 8.28. The molecule has 1 N–H and O–H groups in total. The van der Waals surface area contributed by atoms with Crippen LogP contribution >= 0.6 is 11.8 Å². The summed E-state index contributed by atoms with van der Waals surface area (Å²) >= 11 is 1.88. The fourth-order valence-electron chi connectivity index (χ4n) is 2.32. The van der Waals surface area contributed by atoms with Gasteiger partial charge < -0.3 is 9.88 Å². The van der Waals surface area contributed by atoms with Crippen LogP contribution in [0.5, 0.6) is 0 Å². The van der Waals surface area contributed by atoms with Gasteiger partial charge in [-0.2, -0.15) is 0 Å². The van der Waals surface area contributed by atoms with Gasteiger partial charge in [-0.25, -0.2) is 0 Å². The van der Waals surface area contributed by atoms with E-state index in [0.29, 0.717) is 11.3 Å². The monoisotopic (exact) mass is 254 g/mol. The molecule has 1 aromatic rings. The fourth-order valence-corrected chi connectivity index (χ4v) is 3.58. The van der Waals surface area contributed by atoms with Crippen molar-refractivity contribution >= 4 is 11.8 Å². The van der Waals surface area contributed by atoms with Gasteiger partial charge in [0.05, 0.1) is 0 Å². The Kier molecular flexibility index (Phi) is 4.86. The van der Waals surface area contributed by atoms with E-state index in [0.717, 1.165) is 11.7 Å². The molecule has 0 radical (unpaired) electrons. The second-order valence-electron chi connectivity index (χ2n) is 4.73. The largest absolute Gasteiger partial charge is 0.313 e. The highest BCUT2D eigenvalue weighted by Gasteiger charge is 2.26. The molecule has 1 fully saturated rings. The number of hydrogen-bond acceptors (Lipinski definition) is 4. The van der Waals surface area contributed by atoms with Crippen molar-refractivity contribution in [3.8, 4) is 0 Å². The first-order valence-corrected chi connectivity index (χ1v) is 7.43. The van der Waals surface area contributed by atoms with E-state index in [1.165, 1.54) is 32.1 Å². The highest BCUT2D eigenvalue weighted by molar-refractivity contribution is 7.99. The number of nitrogens with one attached hydrogen (secondary N) is 1. The van der Waals surface area contributed by atoms with Gasteiger partial charge in [0.1, 0.15) is 6.33 Å². The lowest BCUT2D eigenvalue weighted by Gasteiger charge is -2.31. The topological polar surface area (TPSA) is 42.7 Å². The third kappa shape index (κ3) is 3.45. The average molecular weight is 254 g/mol. The molecule has 0 saturated heterocycles. The van der Waals surface area contributed by atoms with Crippen LogP contribution in [-0.2, 0) is 7.05 Å². The first-order valence-electron chi connectivity index (χ1n) is 6.55. The maximum atomic E-state index is 4.17. The molecule has 1 heterocycles. The molecule has 2 atom stereocenters. The zero-order chi connectivity index (χ0) is 12.1. The van der Waals surface area contributed by atoms with Crippen LogP contribution in [0.3, 0.4) is 0 Å². The van der Waals surface area contributed by atoms with E-state index in [9.17, 15) is 0 Å². The Morgan fingerprint density at radius 2 is 2.29 bits per heavy atom. The van der Waals surface area contributed by atoms with Gasteiger partial charge >= 0.3 is 0 Å². The molecule has 4 nitrogen and oxygen atoms in total. The van der Waals surface area contributed by atoms with Gasteiger partial charge in [0.25, 0.3) is 0 Å². The maximum Gasteiger partial charge on any atom is 0.191 e. The van der Waals surface area contributed by atoms with Gasteiger partial charge in [-0.15, -0.1) is 10.2 Å². The molecular formula is C12H22N4S. The van der Waals surface area contributed by atoms with Crippen LogP contribution in [0.2, 0.25) is 0 Å². The van der Waals surface area contributed by atoms with Gasteiger partial charge in [-0.1, -0.05) is 31.5 Å². The van der Waals surface area contributed by atoms with Crippen molar-refractivity contribution in [3.63, 3.8) is 0 Å². The summed E-state index contributed by atoms with van der Waals surface area (Å²) in [6.45, 7) is 3.35. The van der Waals surface area contributed by atoms with Crippen LogP contribution in [-0.4, -0.2) is 32.6 Å². The molecule has 96 valence electrons. The lowest BCUT2D eigenvalue weighted by atomic mass is 9.95. The Morgan fingerprint density at radius 3 is 3.00 bits per heavy atom. The maximum absolute atomic E-state index is 4.17. The molecule has 2 unspecified atom stereocenters.